The summed E-state index contributed by atoms with van der Waals surface area (Å²) in [5.74, 6) is -0.333. The molecule has 0 aliphatic rings. The smallest absolute Gasteiger partial charge is 0.335 e. The highest BCUT2D eigenvalue weighted by Crippen LogP contribution is 2.15. The van der Waals surface area contributed by atoms with Gasteiger partial charge in [-0.3, -0.25) is 4.90 Å². The summed E-state index contributed by atoms with van der Waals surface area (Å²) in [6.07, 6.45) is 0. The highest BCUT2D eigenvalue weighted by atomic mass is 16.5. The van der Waals surface area contributed by atoms with Crippen molar-refractivity contribution < 1.29 is 14.6 Å². The first-order chi connectivity index (χ1) is 8.84. The van der Waals surface area contributed by atoms with Gasteiger partial charge < -0.3 is 9.84 Å². The lowest BCUT2D eigenvalue weighted by Gasteiger charge is -2.34. The van der Waals surface area contributed by atoms with Crippen molar-refractivity contribution in [1.82, 2.24) is 4.90 Å². The van der Waals surface area contributed by atoms with Crippen molar-refractivity contribution in [3.63, 3.8) is 0 Å². The predicted molar refractivity (Wildman–Crippen MR) is 75.9 cm³/mol. The van der Waals surface area contributed by atoms with E-state index < -0.39 is 5.97 Å². The zero-order valence-electron chi connectivity index (χ0n) is 12.1. The predicted octanol–water partition coefficient (Wildman–Crippen LogP) is 2.88. The van der Waals surface area contributed by atoms with Gasteiger partial charge in [-0.05, 0) is 45.5 Å². The van der Waals surface area contributed by atoms with E-state index in [0.29, 0.717) is 12.4 Å². The summed E-state index contributed by atoms with van der Waals surface area (Å²) in [6.45, 7) is 11.0. The second-order valence-electron chi connectivity index (χ2n) is 5.43. The van der Waals surface area contributed by atoms with Crippen molar-refractivity contribution >= 4 is 5.97 Å². The van der Waals surface area contributed by atoms with Gasteiger partial charge >= 0.3 is 5.97 Å². The molecule has 0 unspecified atom stereocenters. The van der Waals surface area contributed by atoms with Crippen LogP contribution in [0.25, 0.3) is 0 Å². The summed E-state index contributed by atoms with van der Waals surface area (Å²) in [7, 11) is 0. The van der Waals surface area contributed by atoms with Crippen molar-refractivity contribution in [2.75, 3.05) is 19.7 Å². The fraction of sp³-hybridized carbons (Fsp3) is 0.533. The number of hydrogen-bond donors (Lipinski definition) is 1. The summed E-state index contributed by atoms with van der Waals surface area (Å²) >= 11 is 0. The molecule has 0 aliphatic carbocycles. The first-order valence-electron chi connectivity index (χ1n) is 6.56. The van der Waals surface area contributed by atoms with E-state index in [9.17, 15) is 4.79 Å². The number of ether oxygens (including phenoxy) is 1. The second-order valence-corrected chi connectivity index (χ2v) is 5.43. The number of likely N-dealkylation sites (N-methyl/N-ethyl adjacent to an activating group) is 1. The summed E-state index contributed by atoms with van der Waals surface area (Å²) in [5, 5.41) is 8.90. The SMILES string of the molecule is CCN(CCOc1cccc(C(=O)O)c1)C(C)(C)C. The van der Waals surface area contributed by atoms with E-state index in [1.807, 2.05) is 0 Å². The highest BCUT2D eigenvalue weighted by Gasteiger charge is 2.18. The van der Waals surface area contributed by atoms with E-state index in [0.717, 1.165) is 13.1 Å². The molecule has 0 spiro atoms. The Labute approximate surface area is 115 Å². The van der Waals surface area contributed by atoms with Gasteiger partial charge in [-0.1, -0.05) is 13.0 Å². The average Bonchev–Trinajstić information content (AvgIpc) is 2.33. The molecule has 0 atom stereocenters. The Hall–Kier alpha value is -1.55. The minimum absolute atomic E-state index is 0.112. The molecule has 0 bridgehead atoms. The number of carboxylic acid groups (broad SMARTS) is 1. The van der Waals surface area contributed by atoms with Crippen LogP contribution in [0.15, 0.2) is 24.3 Å². The summed E-state index contributed by atoms with van der Waals surface area (Å²) in [4.78, 5) is 13.2. The summed E-state index contributed by atoms with van der Waals surface area (Å²) in [6, 6.07) is 6.58. The molecule has 0 fully saturated rings. The molecule has 1 aromatic rings. The molecule has 106 valence electrons. The van der Waals surface area contributed by atoms with E-state index in [-0.39, 0.29) is 11.1 Å². The molecule has 0 aliphatic heterocycles. The van der Waals surface area contributed by atoms with Crippen LogP contribution in [0.3, 0.4) is 0 Å². The van der Waals surface area contributed by atoms with Crippen molar-refractivity contribution in [3.05, 3.63) is 29.8 Å². The molecule has 4 nitrogen and oxygen atoms in total. The molecule has 1 N–H and O–H groups in total. The van der Waals surface area contributed by atoms with Crippen LogP contribution in [0.5, 0.6) is 5.75 Å². The lowest BCUT2D eigenvalue weighted by molar-refractivity contribution is 0.0696. The number of hydrogen-bond acceptors (Lipinski definition) is 3. The van der Waals surface area contributed by atoms with E-state index in [1.54, 1.807) is 24.3 Å². The van der Waals surface area contributed by atoms with Crippen molar-refractivity contribution in [1.29, 1.82) is 0 Å². The van der Waals surface area contributed by atoms with E-state index >= 15 is 0 Å². The zero-order chi connectivity index (χ0) is 14.5. The first-order valence-corrected chi connectivity index (χ1v) is 6.56. The van der Waals surface area contributed by atoms with Crippen LogP contribution in [0, 0.1) is 0 Å². The van der Waals surface area contributed by atoms with Gasteiger partial charge in [0, 0.05) is 12.1 Å². The van der Waals surface area contributed by atoms with E-state index in [4.69, 9.17) is 9.84 Å². The normalized spacial score (nSPS) is 11.6. The lowest BCUT2D eigenvalue weighted by atomic mass is 10.1. The van der Waals surface area contributed by atoms with E-state index in [1.165, 1.54) is 0 Å². The van der Waals surface area contributed by atoms with Crippen molar-refractivity contribution in [2.24, 2.45) is 0 Å². The lowest BCUT2D eigenvalue weighted by Crippen LogP contribution is -2.43. The van der Waals surface area contributed by atoms with Gasteiger partial charge in [0.05, 0.1) is 5.56 Å². The Balaban J connectivity index is 2.53. The van der Waals surface area contributed by atoms with Crippen LogP contribution in [-0.4, -0.2) is 41.2 Å². The Morgan fingerprint density at radius 3 is 2.58 bits per heavy atom. The Kier molecular flexibility index (Phi) is 5.36. The van der Waals surface area contributed by atoms with Gasteiger partial charge in [-0.2, -0.15) is 0 Å². The molecule has 19 heavy (non-hydrogen) atoms. The maximum Gasteiger partial charge on any atom is 0.335 e. The molecule has 0 amide bonds. The highest BCUT2D eigenvalue weighted by molar-refractivity contribution is 5.87. The molecule has 1 aromatic carbocycles. The topological polar surface area (TPSA) is 49.8 Å². The van der Waals surface area contributed by atoms with Crippen LogP contribution in [0.4, 0.5) is 0 Å². The van der Waals surface area contributed by atoms with Crippen LogP contribution in [0.1, 0.15) is 38.1 Å². The molecule has 0 saturated heterocycles. The monoisotopic (exact) mass is 265 g/mol. The van der Waals surface area contributed by atoms with Crippen LogP contribution >= 0.6 is 0 Å². The maximum atomic E-state index is 10.8. The summed E-state index contributed by atoms with van der Waals surface area (Å²) < 4.78 is 5.62. The number of nitrogens with zero attached hydrogens (tertiary/aromatic N) is 1. The van der Waals surface area contributed by atoms with Gasteiger partial charge in [0.2, 0.25) is 0 Å². The molecule has 0 saturated carbocycles. The molecule has 1 rings (SSSR count). The third-order valence-electron chi connectivity index (χ3n) is 3.04. The maximum absolute atomic E-state index is 10.8. The second kappa shape index (κ2) is 6.57. The number of benzene rings is 1. The summed E-state index contributed by atoms with van der Waals surface area (Å²) in [5.41, 5.74) is 0.363. The fourth-order valence-electron chi connectivity index (χ4n) is 1.96. The van der Waals surface area contributed by atoms with Crippen LogP contribution in [-0.2, 0) is 0 Å². The van der Waals surface area contributed by atoms with Crippen molar-refractivity contribution in [3.8, 4) is 5.75 Å². The van der Waals surface area contributed by atoms with E-state index in [2.05, 4.69) is 32.6 Å². The van der Waals surface area contributed by atoms with Crippen molar-refractivity contribution in [2.45, 2.75) is 33.2 Å². The minimum atomic E-state index is -0.935. The van der Waals surface area contributed by atoms with Gasteiger partial charge in [-0.15, -0.1) is 0 Å². The standard InChI is InChI=1S/C15H23NO3/c1-5-16(15(2,3)4)9-10-19-13-8-6-7-12(11-13)14(17)18/h6-8,11H,5,9-10H2,1-4H3,(H,17,18). The third-order valence-corrected chi connectivity index (χ3v) is 3.04. The fourth-order valence-corrected chi connectivity index (χ4v) is 1.96. The van der Waals surface area contributed by atoms with Gasteiger partial charge in [-0.25, -0.2) is 4.79 Å². The number of carboxylic acids is 1. The number of aromatic carboxylic acids is 1. The first kappa shape index (κ1) is 15.5. The van der Waals surface area contributed by atoms with Gasteiger partial charge in [0.1, 0.15) is 12.4 Å². The Morgan fingerprint density at radius 1 is 1.37 bits per heavy atom. The Bertz CT molecular complexity index is 424. The minimum Gasteiger partial charge on any atom is -0.492 e. The van der Waals surface area contributed by atoms with Gasteiger partial charge in [0.15, 0.2) is 0 Å². The largest absolute Gasteiger partial charge is 0.492 e. The molecule has 0 aromatic heterocycles. The third kappa shape index (κ3) is 4.91. The number of rotatable bonds is 6. The van der Waals surface area contributed by atoms with Crippen LogP contribution in [0.2, 0.25) is 0 Å². The van der Waals surface area contributed by atoms with Crippen LogP contribution < -0.4 is 4.74 Å². The zero-order valence-corrected chi connectivity index (χ0v) is 12.1. The number of carbonyl (C=O) groups is 1. The average molecular weight is 265 g/mol. The van der Waals surface area contributed by atoms with Gasteiger partial charge in [0.25, 0.3) is 0 Å². The molecule has 0 radical (unpaired) electrons. The molecule has 0 heterocycles. The molecular formula is C15H23NO3. The quantitative estimate of drug-likeness (QED) is 0.859. The molecule has 4 heteroatoms. The molecular weight excluding hydrogens is 242 g/mol. The Morgan fingerprint density at radius 2 is 2.05 bits per heavy atom.